The third-order valence-electron chi connectivity index (χ3n) is 3.50. The lowest BCUT2D eigenvalue weighted by Gasteiger charge is -2.04. The number of rotatable bonds is 5. The number of carbonyl (C=O) groups is 1. The fourth-order valence-electron chi connectivity index (χ4n) is 2.30. The Labute approximate surface area is 123 Å². The average molecular weight is 286 g/mol. The summed E-state index contributed by atoms with van der Waals surface area (Å²) in [4.78, 5) is 11.3. The second kappa shape index (κ2) is 5.60. The summed E-state index contributed by atoms with van der Waals surface area (Å²) in [7, 11) is 0. The number of ether oxygens (including phenoxy) is 2. The summed E-state index contributed by atoms with van der Waals surface area (Å²) in [5.41, 5.74) is 2.15. The van der Waals surface area contributed by atoms with Crippen LogP contribution < -0.4 is 9.47 Å². The molecule has 1 aromatic heterocycles. The van der Waals surface area contributed by atoms with Gasteiger partial charge in [-0.05, 0) is 30.5 Å². The highest BCUT2D eigenvalue weighted by Crippen LogP contribution is 2.36. The van der Waals surface area contributed by atoms with E-state index in [1.165, 1.54) is 0 Å². The highest BCUT2D eigenvalue weighted by Gasteiger charge is 2.17. The highest BCUT2D eigenvalue weighted by molar-refractivity contribution is 5.85. The fourth-order valence-corrected chi connectivity index (χ4v) is 2.30. The van der Waals surface area contributed by atoms with Gasteiger partial charge in [-0.15, -0.1) is 0 Å². The molecule has 0 fully saturated rings. The van der Waals surface area contributed by atoms with E-state index in [1.54, 1.807) is 6.20 Å². The van der Waals surface area contributed by atoms with Crippen molar-refractivity contribution < 1.29 is 14.3 Å². The van der Waals surface area contributed by atoms with Gasteiger partial charge in [0.2, 0.25) is 6.79 Å². The maximum Gasteiger partial charge on any atom is 0.231 e. The molecule has 0 amide bonds. The van der Waals surface area contributed by atoms with Gasteiger partial charge in [-0.2, -0.15) is 5.10 Å². The molecule has 110 valence electrons. The van der Waals surface area contributed by atoms with Crippen LogP contribution in [-0.4, -0.2) is 22.9 Å². The molecule has 0 unspecified atom stereocenters. The average Bonchev–Trinajstić information content (AvgIpc) is 3.10. The highest BCUT2D eigenvalue weighted by atomic mass is 16.7. The number of hydrogen-bond donors (Lipinski definition) is 0. The maximum absolute atomic E-state index is 11.3. The first-order chi connectivity index (χ1) is 10.2. The summed E-state index contributed by atoms with van der Waals surface area (Å²) in [6.07, 6.45) is 3.68. The van der Waals surface area contributed by atoms with Crippen molar-refractivity contribution in [1.29, 1.82) is 0 Å². The van der Waals surface area contributed by atoms with Gasteiger partial charge in [0.05, 0.1) is 5.56 Å². The summed E-state index contributed by atoms with van der Waals surface area (Å²) < 4.78 is 12.5. The molecule has 0 spiro atoms. The van der Waals surface area contributed by atoms with Crippen LogP contribution in [0.2, 0.25) is 0 Å². The minimum Gasteiger partial charge on any atom is -0.454 e. The SMILES string of the molecule is CC(C)CCn1cc(C=O)c(-c2ccc3c(c2)OCO3)n1. The van der Waals surface area contributed by atoms with Crippen molar-refractivity contribution in [1.82, 2.24) is 9.78 Å². The molecule has 0 saturated carbocycles. The molecule has 0 saturated heterocycles. The van der Waals surface area contributed by atoms with Crippen molar-refractivity contribution >= 4 is 6.29 Å². The zero-order chi connectivity index (χ0) is 14.8. The predicted molar refractivity (Wildman–Crippen MR) is 78.6 cm³/mol. The molecule has 1 aromatic carbocycles. The van der Waals surface area contributed by atoms with Crippen LogP contribution in [0.25, 0.3) is 11.3 Å². The first-order valence-corrected chi connectivity index (χ1v) is 7.10. The molecule has 2 aromatic rings. The lowest BCUT2D eigenvalue weighted by molar-refractivity contribution is 0.112. The van der Waals surface area contributed by atoms with Crippen molar-refractivity contribution in [3.8, 4) is 22.8 Å². The van der Waals surface area contributed by atoms with Crippen LogP contribution in [0.4, 0.5) is 0 Å². The zero-order valence-electron chi connectivity index (χ0n) is 12.2. The van der Waals surface area contributed by atoms with Gasteiger partial charge < -0.3 is 9.47 Å². The Bertz CT molecular complexity index is 662. The van der Waals surface area contributed by atoms with E-state index in [0.29, 0.717) is 22.9 Å². The van der Waals surface area contributed by atoms with Crippen molar-refractivity contribution in [3.05, 3.63) is 30.0 Å². The van der Waals surface area contributed by atoms with Crippen LogP contribution >= 0.6 is 0 Å². The van der Waals surface area contributed by atoms with Crippen molar-refractivity contribution in [2.24, 2.45) is 5.92 Å². The summed E-state index contributed by atoms with van der Waals surface area (Å²) in [6.45, 7) is 5.39. The predicted octanol–water partition coefficient (Wildman–Crippen LogP) is 3.14. The van der Waals surface area contributed by atoms with Crippen LogP contribution in [-0.2, 0) is 6.54 Å². The molecule has 3 rings (SSSR count). The molecule has 1 aliphatic rings. The first-order valence-electron chi connectivity index (χ1n) is 7.10. The Morgan fingerprint density at radius 3 is 2.90 bits per heavy atom. The van der Waals surface area contributed by atoms with Crippen molar-refractivity contribution in [2.75, 3.05) is 6.79 Å². The van der Waals surface area contributed by atoms with Gasteiger partial charge in [0.25, 0.3) is 0 Å². The van der Waals surface area contributed by atoms with Gasteiger partial charge in [0.15, 0.2) is 17.8 Å². The number of aryl methyl sites for hydroxylation is 1. The molecule has 1 aliphatic heterocycles. The van der Waals surface area contributed by atoms with Gasteiger partial charge in [-0.3, -0.25) is 9.48 Å². The fraction of sp³-hybridized carbons (Fsp3) is 0.375. The van der Waals surface area contributed by atoms with E-state index in [1.807, 2.05) is 22.9 Å². The molecule has 0 atom stereocenters. The number of hydrogen-bond acceptors (Lipinski definition) is 4. The molecule has 0 N–H and O–H groups in total. The second-order valence-corrected chi connectivity index (χ2v) is 5.56. The Kier molecular flexibility index (Phi) is 3.64. The molecular weight excluding hydrogens is 268 g/mol. The lowest BCUT2D eigenvalue weighted by atomic mass is 10.1. The summed E-state index contributed by atoms with van der Waals surface area (Å²) in [5, 5.41) is 4.54. The number of carbonyl (C=O) groups excluding carboxylic acids is 1. The van der Waals surface area contributed by atoms with Crippen LogP contribution in [0.1, 0.15) is 30.6 Å². The third-order valence-corrected chi connectivity index (χ3v) is 3.50. The molecule has 0 bridgehead atoms. The molecule has 21 heavy (non-hydrogen) atoms. The summed E-state index contributed by atoms with van der Waals surface area (Å²) in [6, 6.07) is 5.61. The normalized spacial score (nSPS) is 12.9. The van der Waals surface area contributed by atoms with Crippen molar-refractivity contribution in [3.63, 3.8) is 0 Å². The zero-order valence-corrected chi connectivity index (χ0v) is 12.2. The number of fused-ring (bicyclic) bond motifs is 1. The van der Waals surface area contributed by atoms with Crippen LogP contribution in [0.3, 0.4) is 0 Å². The number of benzene rings is 1. The van der Waals surface area contributed by atoms with E-state index >= 15 is 0 Å². The number of nitrogens with zero attached hydrogens (tertiary/aromatic N) is 2. The Hall–Kier alpha value is -2.30. The lowest BCUT2D eigenvalue weighted by Crippen LogP contribution is -2.02. The minimum absolute atomic E-state index is 0.238. The Morgan fingerprint density at radius 1 is 1.33 bits per heavy atom. The largest absolute Gasteiger partial charge is 0.454 e. The molecule has 5 nitrogen and oxygen atoms in total. The van der Waals surface area contributed by atoms with Crippen LogP contribution in [0.5, 0.6) is 11.5 Å². The topological polar surface area (TPSA) is 53.4 Å². The minimum atomic E-state index is 0.238. The Morgan fingerprint density at radius 2 is 2.14 bits per heavy atom. The van der Waals surface area contributed by atoms with E-state index in [-0.39, 0.29) is 6.79 Å². The van der Waals surface area contributed by atoms with E-state index in [4.69, 9.17) is 9.47 Å². The smallest absolute Gasteiger partial charge is 0.231 e. The summed E-state index contributed by atoms with van der Waals surface area (Å²) >= 11 is 0. The Balaban J connectivity index is 1.92. The quantitative estimate of drug-likeness (QED) is 0.792. The van der Waals surface area contributed by atoms with E-state index in [2.05, 4.69) is 18.9 Å². The number of aldehydes is 1. The van der Waals surface area contributed by atoms with Gasteiger partial charge in [-0.1, -0.05) is 13.8 Å². The molecular formula is C16H18N2O3. The second-order valence-electron chi connectivity index (χ2n) is 5.56. The molecule has 0 aliphatic carbocycles. The molecule has 2 heterocycles. The van der Waals surface area contributed by atoms with Gasteiger partial charge in [0.1, 0.15) is 5.69 Å². The van der Waals surface area contributed by atoms with Crippen LogP contribution in [0.15, 0.2) is 24.4 Å². The summed E-state index contributed by atoms with van der Waals surface area (Å²) in [5.74, 6) is 2.02. The first kappa shape index (κ1) is 13.7. The van der Waals surface area contributed by atoms with E-state index in [0.717, 1.165) is 30.6 Å². The van der Waals surface area contributed by atoms with E-state index < -0.39 is 0 Å². The van der Waals surface area contributed by atoms with Crippen LogP contribution in [0, 0.1) is 5.92 Å². The molecule has 5 heteroatoms. The monoisotopic (exact) mass is 286 g/mol. The van der Waals surface area contributed by atoms with Gasteiger partial charge >= 0.3 is 0 Å². The standard InChI is InChI=1S/C16H18N2O3/c1-11(2)5-6-18-8-13(9-19)16(17-18)12-3-4-14-15(7-12)21-10-20-14/h3-4,7-9,11H,5-6,10H2,1-2H3. The van der Waals surface area contributed by atoms with Gasteiger partial charge in [0, 0.05) is 18.3 Å². The maximum atomic E-state index is 11.3. The van der Waals surface area contributed by atoms with Crippen molar-refractivity contribution in [2.45, 2.75) is 26.8 Å². The van der Waals surface area contributed by atoms with E-state index in [9.17, 15) is 4.79 Å². The molecule has 0 radical (unpaired) electrons. The number of aromatic nitrogens is 2. The van der Waals surface area contributed by atoms with Gasteiger partial charge in [-0.25, -0.2) is 0 Å². The third kappa shape index (κ3) is 2.77.